The number of benzene rings is 2. The van der Waals surface area contributed by atoms with Crippen molar-refractivity contribution in [2.45, 2.75) is 12.8 Å². The molecule has 1 N–H and O–H groups in total. The topological polar surface area (TPSA) is 85.8 Å². The molecule has 7 heteroatoms. The Labute approximate surface area is 184 Å². The third-order valence-corrected chi connectivity index (χ3v) is 5.35. The standard InChI is InChI=1S/C25H21N5O2/c1-30-16-19(20-9-3-5-11-22(20)30)13-23(31)27-21-10-4-2-7-17(21)14-24-28-25(29-32-24)18-8-6-12-26-15-18/h2-12,15-16H,13-14H2,1H3,(H,27,31). The lowest BCUT2D eigenvalue weighted by Crippen LogP contribution is -2.15. The maximum Gasteiger partial charge on any atom is 0.231 e. The molecular weight excluding hydrogens is 402 g/mol. The van der Waals surface area contributed by atoms with Crippen LogP contribution < -0.4 is 5.32 Å². The van der Waals surface area contributed by atoms with Gasteiger partial charge < -0.3 is 14.4 Å². The van der Waals surface area contributed by atoms with E-state index < -0.39 is 0 Å². The normalized spacial score (nSPS) is 11.0. The number of amides is 1. The molecule has 0 radical (unpaired) electrons. The first-order chi connectivity index (χ1) is 15.7. The van der Waals surface area contributed by atoms with E-state index in [1.165, 1.54) is 0 Å². The lowest BCUT2D eigenvalue weighted by molar-refractivity contribution is -0.115. The van der Waals surface area contributed by atoms with Gasteiger partial charge in [0.2, 0.25) is 17.6 Å². The van der Waals surface area contributed by atoms with Gasteiger partial charge >= 0.3 is 0 Å². The highest BCUT2D eigenvalue weighted by atomic mass is 16.5. The Morgan fingerprint density at radius 1 is 1.03 bits per heavy atom. The predicted molar refractivity (Wildman–Crippen MR) is 122 cm³/mol. The number of aromatic nitrogens is 4. The molecular formula is C25H21N5O2. The molecule has 1 amide bonds. The van der Waals surface area contributed by atoms with E-state index in [-0.39, 0.29) is 5.91 Å². The molecule has 2 aromatic carbocycles. The summed E-state index contributed by atoms with van der Waals surface area (Å²) in [7, 11) is 1.99. The van der Waals surface area contributed by atoms with Gasteiger partial charge in [0.1, 0.15) is 0 Å². The molecule has 3 heterocycles. The number of nitrogens with zero attached hydrogens (tertiary/aromatic N) is 4. The number of carbonyl (C=O) groups is 1. The van der Waals surface area contributed by atoms with Gasteiger partial charge in [-0.1, -0.05) is 41.6 Å². The van der Waals surface area contributed by atoms with Gasteiger partial charge in [-0.2, -0.15) is 4.98 Å². The van der Waals surface area contributed by atoms with E-state index in [2.05, 4.69) is 26.5 Å². The van der Waals surface area contributed by atoms with Crippen molar-refractivity contribution >= 4 is 22.5 Å². The number of anilines is 1. The fourth-order valence-electron chi connectivity index (χ4n) is 3.83. The van der Waals surface area contributed by atoms with E-state index in [1.54, 1.807) is 12.4 Å². The second-order valence-electron chi connectivity index (χ2n) is 7.59. The van der Waals surface area contributed by atoms with E-state index in [9.17, 15) is 4.79 Å². The Bertz CT molecular complexity index is 1390. The van der Waals surface area contributed by atoms with Crippen LogP contribution in [-0.2, 0) is 24.7 Å². The number of hydrogen-bond donors (Lipinski definition) is 1. The van der Waals surface area contributed by atoms with Crippen molar-refractivity contribution in [3.63, 3.8) is 0 Å². The first-order valence-corrected chi connectivity index (χ1v) is 10.3. The lowest BCUT2D eigenvalue weighted by atomic mass is 10.1. The molecule has 0 bridgehead atoms. The van der Waals surface area contributed by atoms with Crippen molar-refractivity contribution in [1.29, 1.82) is 0 Å². The number of para-hydroxylation sites is 2. The summed E-state index contributed by atoms with van der Waals surface area (Å²) in [6.45, 7) is 0. The highest BCUT2D eigenvalue weighted by Crippen LogP contribution is 2.23. The van der Waals surface area contributed by atoms with E-state index in [0.717, 1.165) is 33.3 Å². The second kappa shape index (κ2) is 8.47. The molecule has 0 saturated carbocycles. The summed E-state index contributed by atoms with van der Waals surface area (Å²) in [5.41, 5.74) is 4.53. The summed E-state index contributed by atoms with van der Waals surface area (Å²) in [4.78, 5) is 21.4. The third-order valence-electron chi connectivity index (χ3n) is 5.35. The smallest absolute Gasteiger partial charge is 0.231 e. The summed E-state index contributed by atoms with van der Waals surface area (Å²) in [5.74, 6) is 0.889. The van der Waals surface area contributed by atoms with Crippen LogP contribution >= 0.6 is 0 Å². The number of nitrogens with one attached hydrogen (secondary N) is 1. The van der Waals surface area contributed by atoms with E-state index >= 15 is 0 Å². The zero-order valence-electron chi connectivity index (χ0n) is 17.5. The van der Waals surface area contributed by atoms with Crippen molar-refractivity contribution in [3.05, 3.63) is 96.3 Å². The molecule has 0 spiro atoms. The van der Waals surface area contributed by atoms with Gasteiger partial charge in [0.25, 0.3) is 0 Å². The Hall–Kier alpha value is -4.26. The maximum atomic E-state index is 12.8. The van der Waals surface area contributed by atoms with Crippen LogP contribution in [0.15, 0.2) is 83.8 Å². The van der Waals surface area contributed by atoms with Crippen molar-refractivity contribution in [2.75, 3.05) is 5.32 Å². The van der Waals surface area contributed by atoms with Gasteiger partial charge in [-0.05, 0) is 35.4 Å². The summed E-state index contributed by atoms with van der Waals surface area (Å²) in [6, 6.07) is 19.4. The van der Waals surface area contributed by atoms with Crippen molar-refractivity contribution < 1.29 is 9.32 Å². The minimum absolute atomic E-state index is 0.0737. The average molecular weight is 423 g/mol. The van der Waals surface area contributed by atoms with E-state index in [1.807, 2.05) is 72.4 Å². The van der Waals surface area contributed by atoms with Crippen LogP contribution in [0.3, 0.4) is 0 Å². The zero-order valence-corrected chi connectivity index (χ0v) is 17.5. The zero-order chi connectivity index (χ0) is 21.9. The van der Waals surface area contributed by atoms with Gasteiger partial charge in [-0.25, -0.2) is 0 Å². The maximum absolute atomic E-state index is 12.8. The van der Waals surface area contributed by atoms with Crippen LogP contribution in [0.25, 0.3) is 22.3 Å². The Kier molecular flexibility index (Phi) is 5.21. The Morgan fingerprint density at radius 3 is 2.75 bits per heavy atom. The minimum Gasteiger partial charge on any atom is -0.350 e. The SMILES string of the molecule is Cn1cc(CC(=O)Nc2ccccc2Cc2nc(-c3cccnc3)no2)c2ccccc21. The van der Waals surface area contributed by atoms with Gasteiger partial charge in [0.05, 0.1) is 12.8 Å². The van der Waals surface area contributed by atoms with Gasteiger partial charge in [-0.15, -0.1) is 0 Å². The van der Waals surface area contributed by atoms with Crippen molar-refractivity contribution in [1.82, 2.24) is 19.7 Å². The molecule has 32 heavy (non-hydrogen) atoms. The van der Waals surface area contributed by atoms with E-state index in [0.29, 0.717) is 24.6 Å². The molecule has 0 saturated heterocycles. The summed E-state index contributed by atoms with van der Waals surface area (Å²) >= 11 is 0. The molecule has 0 aliphatic heterocycles. The summed E-state index contributed by atoms with van der Waals surface area (Å²) in [5, 5.41) is 8.18. The quantitative estimate of drug-likeness (QED) is 0.438. The molecule has 0 aliphatic carbocycles. The van der Waals surface area contributed by atoms with Crippen molar-refractivity contribution in [3.8, 4) is 11.4 Å². The molecule has 7 nitrogen and oxygen atoms in total. The van der Waals surface area contributed by atoms with Crippen LogP contribution in [0.5, 0.6) is 0 Å². The highest BCUT2D eigenvalue weighted by Gasteiger charge is 2.14. The van der Waals surface area contributed by atoms with Gasteiger partial charge in [0.15, 0.2) is 0 Å². The summed E-state index contributed by atoms with van der Waals surface area (Å²) in [6.07, 6.45) is 6.10. The second-order valence-corrected chi connectivity index (χ2v) is 7.59. The number of fused-ring (bicyclic) bond motifs is 1. The largest absolute Gasteiger partial charge is 0.350 e. The Morgan fingerprint density at radius 2 is 1.88 bits per heavy atom. The predicted octanol–water partition coefficient (Wildman–Crippen LogP) is 4.40. The number of pyridine rings is 1. The number of rotatable bonds is 6. The van der Waals surface area contributed by atoms with Crippen LogP contribution in [-0.4, -0.2) is 25.6 Å². The fraction of sp³-hybridized carbons (Fsp3) is 0.120. The first kappa shape index (κ1) is 19.7. The average Bonchev–Trinajstić information content (AvgIpc) is 3.41. The van der Waals surface area contributed by atoms with Crippen LogP contribution in [0.4, 0.5) is 5.69 Å². The lowest BCUT2D eigenvalue weighted by Gasteiger charge is -2.09. The van der Waals surface area contributed by atoms with Crippen LogP contribution in [0, 0.1) is 0 Å². The Balaban J connectivity index is 1.32. The molecule has 3 aromatic heterocycles. The van der Waals surface area contributed by atoms with Crippen LogP contribution in [0.2, 0.25) is 0 Å². The van der Waals surface area contributed by atoms with Crippen LogP contribution in [0.1, 0.15) is 17.0 Å². The van der Waals surface area contributed by atoms with E-state index in [4.69, 9.17) is 4.52 Å². The molecule has 5 aromatic rings. The molecule has 0 fully saturated rings. The molecule has 0 atom stereocenters. The number of hydrogen-bond acceptors (Lipinski definition) is 5. The molecule has 158 valence electrons. The molecule has 0 aliphatic rings. The minimum atomic E-state index is -0.0737. The molecule has 0 unspecified atom stereocenters. The number of aryl methyl sites for hydroxylation is 1. The molecule has 5 rings (SSSR count). The van der Waals surface area contributed by atoms with Gasteiger partial charge in [-0.3, -0.25) is 9.78 Å². The first-order valence-electron chi connectivity index (χ1n) is 10.3. The fourth-order valence-corrected chi connectivity index (χ4v) is 3.83. The summed E-state index contributed by atoms with van der Waals surface area (Å²) < 4.78 is 7.47. The van der Waals surface area contributed by atoms with Crippen molar-refractivity contribution in [2.24, 2.45) is 7.05 Å². The number of carbonyl (C=O) groups excluding carboxylic acids is 1. The monoisotopic (exact) mass is 423 g/mol. The third kappa shape index (κ3) is 4.00. The highest BCUT2D eigenvalue weighted by molar-refractivity contribution is 5.96. The van der Waals surface area contributed by atoms with Gasteiger partial charge in [0, 0.05) is 47.8 Å².